The van der Waals surface area contributed by atoms with Gasteiger partial charge in [0.15, 0.2) is 0 Å². The fraction of sp³-hybridized carbons (Fsp3) is 1.00. The number of hydrogen-bond acceptors (Lipinski definition) is 3. The number of nitrogens with zero attached hydrogens (tertiary/aromatic N) is 1. The lowest BCUT2D eigenvalue weighted by atomic mass is 9.87. The van der Waals surface area contributed by atoms with Gasteiger partial charge in [0.25, 0.3) is 0 Å². The molecular weight excluding hydrogens is 228 g/mol. The number of nitrogens with two attached hydrogens (primary N) is 1. The van der Waals surface area contributed by atoms with Gasteiger partial charge in [-0.05, 0) is 43.4 Å². The predicted molar refractivity (Wildman–Crippen MR) is 77.5 cm³/mol. The number of thioether (sulfide) groups is 1. The number of hydrogen-bond donors (Lipinski definition) is 1. The van der Waals surface area contributed by atoms with Gasteiger partial charge in [-0.15, -0.1) is 0 Å². The molecule has 3 heteroatoms. The van der Waals surface area contributed by atoms with Crippen LogP contribution in [0.15, 0.2) is 0 Å². The number of rotatable bonds is 3. The second kappa shape index (κ2) is 5.50. The van der Waals surface area contributed by atoms with E-state index >= 15 is 0 Å². The van der Waals surface area contributed by atoms with Gasteiger partial charge >= 0.3 is 0 Å². The van der Waals surface area contributed by atoms with Crippen LogP contribution in [0.25, 0.3) is 0 Å². The lowest BCUT2D eigenvalue weighted by Crippen LogP contribution is -2.60. The molecule has 0 aliphatic carbocycles. The quantitative estimate of drug-likeness (QED) is 0.841. The minimum Gasteiger partial charge on any atom is -0.329 e. The van der Waals surface area contributed by atoms with Gasteiger partial charge in [0.1, 0.15) is 0 Å². The third-order valence-corrected chi connectivity index (χ3v) is 6.49. The summed E-state index contributed by atoms with van der Waals surface area (Å²) in [6, 6.07) is 0. The molecule has 0 spiro atoms. The predicted octanol–water partition coefficient (Wildman–Crippen LogP) is 2.58. The maximum Gasteiger partial charge on any atom is 0.0447 e. The molecule has 2 rings (SSSR count). The Hall–Kier alpha value is 0.270. The Morgan fingerprint density at radius 1 is 1.47 bits per heavy atom. The molecule has 3 unspecified atom stereocenters. The maximum atomic E-state index is 6.18. The second-order valence-electron chi connectivity index (χ2n) is 6.16. The standard InChI is InChI=1S/C14H28N2S/c1-11(2)13-5-7-16(9-13)14(10-15)6-4-8-17-12(14)3/h11-13H,4-10,15H2,1-3H3. The van der Waals surface area contributed by atoms with Gasteiger partial charge in [-0.1, -0.05) is 20.8 Å². The SMILES string of the molecule is CC(C)C1CCN(C2(CN)CCCSC2C)C1. The molecule has 2 aliphatic heterocycles. The number of likely N-dealkylation sites (tertiary alicyclic amines) is 1. The largest absolute Gasteiger partial charge is 0.329 e. The molecule has 0 aromatic carbocycles. The fourth-order valence-electron chi connectivity index (χ4n) is 3.55. The van der Waals surface area contributed by atoms with E-state index in [1.165, 1.54) is 38.1 Å². The molecule has 0 saturated carbocycles. The molecule has 100 valence electrons. The van der Waals surface area contributed by atoms with E-state index in [4.69, 9.17) is 5.73 Å². The monoisotopic (exact) mass is 256 g/mol. The average Bonchev–Trinajstić information content (AvgIpc) is 2.80. The van der Waals surface area contributed by atoms with E-state index in [9.17, 15) is 0 Å². The first-order chi connectivity index (χ1) is 8.10. The summed E-state index contributed by atoms with van der Waals surface area (Å²) in [6.45, 7) is 10.5. The second-order valence-corrected chi connectivity index (χ2v) is 7.61. The summed E-state index contributed by atoms with van der Waals surface area (Å²) in [5, 5.41) is 0.701. The minimum atomic E-state index is 0.298. The Balaban J connectivity index is 2.08. The summed E-state index contributed by atoms with van der Waals surface area (Å²) < 4.78 is 0. The first-order valence-electron chi connectivity index (χ1n) is 7.17. The van der Waals surface area contributed by atoms with Crippen LogP contribution in [0.3, 0.4) is 0 Å². The Kier molecular flexibility index (Phi) is 4.43. The van der Waals surface area contributed by atoms with E-state index in [1.807, 2.05) is 0 Å². The highest BCUT2D eigenvalue weighted by Gasteiger charge is 2.45. The van der Waals surface area contributed by atoms with E-state index in [0.29, 0.717) is 10.8 Å². The Morgan fingerprint density at radius 3 is 2.76 bits per heavy atom. The molecule has 0 bridgehead atoms. The van der Waals surface area contributed by atoms with Crippen LogP contribution in [0.5, 0.6) is 0 Å². The normalized spacial score (nSPS) is 40.1. The van der Waals surface area contributed by atoms with Crippen molar-refractivity contribution in [2.75, 3.05) is 25.4 Å². The van der Waals surface area contributed by atoms with Crippen molar-refractivity contribution in [1.82, 2.24) is 4.90 Å². The van der Waals surface area contributed by atoms with Crippen LogP contribution in [0, 0.1) is 11.8 Å². The van der Waals surface area contributed by atoms with Crippen LogP contribution in [0.1, 0.15) is 40.0 Å². The molecule has 2 fully saturated rings. The summed E-state index contributed by atoms with van der Waals surface area (Å²) in [5.41, 5.74) is 6.47. The van der Waals surface area contributed by atoms with Gasteiger partial charge in [-0.2, -0.15) is 11.8 Å². The van der Waals surface area contributed by atoms with Crippen molar-refractivity contribution in [3.8, 4) is 0 Å². The summed E-state index contributed by atoms with van der Waals surface area (Å²) in [5.74, 6) is 3.03. The van der Waals surface area contributed by atoms with Crippen molar-refractivity contribution in [3.63, 3.8) is 0 Å². The van der Waals surface area contributed by atoms with E-state index in [2.05, 4.69) is 37.4 Å². The summed E-state index contributed by atoms with van der Waals surface area (Å²) in [6.07, 6.45) is 4.02. The highest BCUT2D eigenvalue weighted by atomic mass is 32.2. The minimum absolute atomic E-state index is 0.298. The topological polar surface area (TPSA) is 29.3 Å². The van der Waals surface area contributed by atoms with E-state index in [0.717, 1.165) is 18.4 Å². The van der Waals surface area contributed by atoms with Crippen molar-refractivity contribution in [3.05, 3.63) is 0 Å². The van der Waals surface area contributed by atoms with Gasteiger partial charge in [-0.3, -0.25) is 4.90 Å². The Bertz CT molecular complexity index is 257. The van der Waals surface area contributed by atoms with Crippen LogP contribution >= 0.6 is 11.8 Å². The molecule has 2 saturated heterocycles. The van der Waals surface area contributed by atoms with Gasteiger partial charge in [-0.25, -0.2) is 0 Å². The summed E-state index contributed by atoms with van der Waals surface area (Å²) in [7, 11) is 0. The van der Waals surface area contributed by atoms with Gasteiger partial charge in [0.05, 0.1) is 0 Å². The highest BCUT2D eigenvalue weighted by molar-refractivity contribution is 8.00. The molecule has 2 heterocycles. The highest BCUT2D eigenvalue weighted by Crippen LogP contribution is 2.41. The summed E-state index contributed by atoms with van der Waals surface area (Å²) in [4.78, 5) is 2.73. The average molecular weight is 256 g/mol. The fourth-order valence-corrected chi connectivity index (χ4v) is 4.88. The smallest absolute Gasteiger partial charge is 0.0447 e. The molecule has 2 N–H and O–H groups in total. The zero-order chi connectivity index (χ0) is 12.5. The molecule has 0 aromatic heterocycles. The maximum absolute atomic E-state index is 6.18. The van der Waals surface area contributed by atoms with E-state index in [1.54, 1.807) is 0 Å². The van der Waals surface area contributed by atoms with Crippen molar-refractivity contribution in [1.29, 1.82) is 0 Å². The lowest BCUT2D eigenvalue weighted by Gasteiger charge is -2.48. The molecule has 0 radical (unpaired) electrons. The van der Waals surface area contributed by atoms with Gasteiger partial charge < -0.3 is 5.73 Å². The van der Waals surface area contributed by atoms with Crippen LogP contribution < -0.4 is 5.73 Å². The Morgan fingerprint density at radius 2 is 2.24 bits per heavy atom. The van der Waals surface area contributed by atoms with Crippen molar-refractivity contribution in [2.24, 2.45) is 17.6 Å². The first-order valence-corrected chi connectivity index (χ1v) is 8.22. The molecule has 3 atom stereocenters. The van der Waals surface area contributed by atoms with Gasteiger partial charge in [0, 0.05) is 23.9 Å². The third kappa shape index (κ3) is 2.52. The van der Waals surface area contributed by atoms with Crippen molar-refractivity contribution < 1.29 is 0 Å². The van der Waals surface area contributed by atoms with Crippen LogP contribution in [-0.4, -0.2) is 41.1 Å². The molecule has 2 nitrogen and oxygen atoms in total. The van der Waals surface area contributed by atoms with Crippen molar-refractivity contribution >= 4 is 11.8 Å². The molecule has 0 aromatic rings. The molecule has 2 aliphatic rings. The van der Waals surface area contributed by atoms with Crippen LogP contribution in [-0.2, 0) is 0 Å². The first kappa shape index (κ1) is 13.7. The van der Waals surface area contributed by atoms with Gasteiger partial charge in [0.2, 0.25) is 0 Å². The lowest BCUT2D eigenvalue weighted by molar-refractivity contribution is 0.102. The van der Waals surface area contributed by atoms with E-state index in [-0.39, 0.29) is 0 Å². The molecule has 0 amide bonds. The third-order valence-electron chi connectivity index (χ3n) is 5.03. The molecular formula is C14H28N2S. The van der Waals surface area contributed by atoms with Crippen molar-refractivity contribution in [2.45, 2.75) is 50.8 Å². The zero-order valence-electron chi connectivity index (χ0n) is 11.6. The van der Waals surface area contributed by atoms with Crippen LogP contribution in [0.4, 0.5) is 0 Å². The Labute approximate surface area is 111 Å². The summed E-state index contributed by atoms with van der Waals surface area (Å²) >= 11 is 2.12. The zero-order valence-corrected chi connectivity index (χ0v) is 12.4. The van der Waals surface area contributed by atoms with E-state index < -0.39 is 0 Å². The molecule has 17 heavy (non-hydrogen) atoms. The van der Waals surface area contributed by atoms with Crippen LogP contribution in [0.2, 0.25) is 0 Å².